The van der Waals surface area contributed by atoms with E-state index < -0.39 is 0 Å². The molecule has 2 heteroatoms. The van der Waals surface area contributed by atoms with E-state index >= 15 is 0 Å². The van der Waals surface area contributed by atoms with Gasteiger partial charge in [0.1, 0.15) is 0 Å². The molecular weight excluding hydrogens is 117 g/mol. The van der Waals surface area contributed by atoms with Gasteiger partial charge in [-0.15, -0.1) is 0 Å². The second kappa shape index (κ2) is 3.91. The number of hydrogen-bond acceptors (Lipinski definition) is 1. The van der Waals surface area contributed by atoms with E-state index in [1.54, 1.807) is 0 Å². The Bertz CT molecular complexity index is 78.6. The fourth-order valence-corrected chi connectivity index (χ4v) is 0.854. The van der Waals surface area contributed by atoms with Gasteiger partial charge in [-0.25, -0.2) is 0 Å². The van der Waals surface area contributed by atoms with E-state index in [9.17, 15) is 0 Å². The zero-order chi connectivity index (χ0) is 6.57. The summed E-state index contributed by atoms with van der Waals surface area (Å²) in [6, 6.07) is 0.537. The second-order valence-electron chi connectivity index (χ2n) is 2.03. The minimum atomic E-state index is 0.537. The van der Waals surface area contributed by atoms with Crippen LogP contribution in [-0.2, 0) is 0 Å². The molecule has 0 amide bonds. The van der Waals surface area contributed by atoms with Crippen LogP contribution in [0.4, 0.5) is 0 Å². The zero-order valence-electron chi connectivity index (χ0n) is 5.78. The van der Waals surface area contributed by atoms with Gasteiger partial charge in [-0.1, -0.05) is 15.2 Å². The monoisotopic (exact) mass is 131 g/mol. The Morgan fingerprint density at radius 1 is 1.62 bits per heavy atom. The van der Waals surface area contributed by atoms with Crippen LogP contribution in [-0.4, -0.2) is 12.7 Å². The molecule has 0 aromatic heterocycles. The van der Waals surface area contributed by atoms with Crippen molar-refractivity contribution in [3.8, 4) is 0 Å². The molecule has 0 aliphatic carbocycles. The largest absolute Gasteiger partial charge is 0.383 e. The van der Waals surface area contributed by atoms with E-state index in [-0.39, 0.29) is 0 Å². The predicted octanol–water partition coefficient (Wildman–Crippen LogP) is 1.76. The Balaban J connectivity index is 3.25. The van der Waals surface area contributed by atoms with Crippen LogP contribution in [0.25, 0.3) is 0 Å². The highest BCUT2D eigenvalue weighted by molar-refractivity contribution is 7.41. The lowest BCUT2D eigenvalue weighted by Crippen LogP contribution is -2.18. The summed E-state index contributed by atoms with van der Waals surface area (Å²) in [6.07, 6.45) is 0. The summed E-state index contributed by atoms with van der Waals surface area (Å²) in [7, 11) is 0.819. The van der Waals surface area contributed by atoms with Gasteiger partial charge in [0.25, 0.3) is 0 Å². The van der Waals surface area contributed by atoms with Gasteiger partial charge in [0.15, 0.2) is 0 Å². The van der Waals surface area contributed by atoms with Gasteiger partial charge in [-0.2, -0.15) is 0 Å². The van der Waals surface area contributed by atoms with Gasteiger partial charge in [0, 0.05) is 11.5 Å². The Labute approximate surface area is 53.3 Å². The van der Waals surface area contributed by atoms with Crippen molar-refractivity contribution in [3.63, 3.8) is 0 Å². The molecule has 0 aliphatic heterocycles. The third-order valence-corrected chi connectivity index (χ3v) is 1.51. The van der Waals surface area contributed by atoms with Crippen LogP contribution in [0.15, 0.2) is 12.0 Å². The van der Waals surface area contributed by atoms with Gasteiger partial charge in [0.2, 0.25) is 0 Å². The highest BCUT2D eigenvalue weighted by Gasteiger charge is 1.90. The summed E-state index contributed by atoms with van der Waals surface area (Å²) in [5, 5.41) is 3.21. The molecule has 1 unspecified atom stereocenters. The normalized spacial score (nSPS) is 11.0. The number of hydrogen-bond donors (Lipinski definition) is 1. The van der Waals surface area contributed by atoms with Gasteiger partial charge < -0.3 is 5.32 Å². The molecule has 0 saturated heterocycles. The van der Waals surface area contributed by atoms with Crippen molar-refractivity contribution in [2.45, 2.75) is 19.9 Å². The van der Waals surface area contributed by atoms with Crippen molar-refractivity contribution in [3.05, 3.63) is 12.0 Å². The molecule has 0 heterocycles. The van der Waals surface area contributed by atoms with Crippen LogP contribution in [0.1, 0.15) is 13.8 Å². The summed E-state index contributed by atoms with van der Waals surface area (Å²) < 4.78 is 0. The lowest BCUT2D eigenvalue weighted by Gasteiger charge is -2.09. The quantitative estimate of drug-likeness (QED) is 0.575. The van der Waals surface area contributed by atoms with Crippen molar-refractivity contribution in [2.75, 3.05) is 6.66 Å². The van der Waals surface area contributed by atoms with Gasteiger partial charge in [-0.05, 0) is 20.5 Å². The Morgan fingerprint density at radius 2 is 2.12 bits per heavy atom. The zero-order valence-corrected chi connectivity index (χ0v) is 6.78. The number of nitrogens with one attached hydrogen (secondary N) is 1. The lowest BCUT2D eigenvalue weighted by atomic mass is 10.4. The lowest BCUT2D eigenvalue weighted by molar-refractivity contribution is 0.695. The summed E-state index contributed by atoms with van der Waals surface area (Å²) in [4.78, 5) is 0. The molecule has 48 valence electrons. The van der Waals surface area contributed by atoms with Crippen molar-refractivity contribution in [1.82, 2.24) is 5.32 Å². The summed E-state index contributed by atoms with van der Waals surface area (Å²) >= 11 is 0. The summed E-state index contributed by atoms with van der Waals surface area (Å²) in [6.45, 7) is 10.2. The van der Waals surface area contributed by atoms with Crippen molar-refractivity contribution in [2.24, 2.45) is 0 Å². The molecule has 0 rings (SSSR count). The third-order valence-electron chi connectivity index (χ3n) is 0.765. The highest BCUT2D eigenvalue weighted by atomic mass is 31.1. The summed E-state index contributed by atoms with van der Waals surface area (Å²) in [5.41, 5.74) is 1.15. The van der Waals surface area contributed by atoms with E-state index in [4.69, 9.17) is 0 Å². The van der Waals surface area contributed by atoms with Gasteiger partial charge >= 0.3 is 0 Å². The maximum Gasteiger partial charge on any atom is 0.0239 e. The van der Waals surface area contributed by atoms with Crippen LogP contribution >= 0.6 is 8.58 Å². The van der Waals surface area contributed by atoms with Crippen LogP contribution in [0.3, 0.4) is 0 Å². The topological polar surface area (TPSA) is 12.0 Å². The average Bonchev–Trinajstić information content (AvgIpc) is 1.65. The fourth-order valence-electron chi connectivity index (χ4n) is 0.421. The first-order valence-corrected chi connectivity index (χ1v) is 4.30. The first kappa shape index (κ1) is 7.97. The van der Waals surface area contributed by atoms with Crippen LogP contribution in [0.5, 0.6) is 0 Å². The molecule has 0 aromatic rings. The van der Waals surface area contributed by atoms with Crippen LogP contribution in [0.2, 0.25) is 0 Å². The molecule has 0 fully saturated rings. The minimum absolute atomic E-state index is 0.537. The van der Waals surface area contributed by atoms with E-state index in [0.29, 0.717) is 6.04 Å². The third kappa shape index (κ3) is 4.14. The molecule has 1 N–H and O–H groups in total. The average molecular weight is 131 g/mol. The highest BCUT2D eigenvalue weighted by Crippen LogP contribution is 2.12. The van der Waals surface area contributed by atoms with E-state index in [1.165, 1.54) is 0 Å². The minimum Gasteiger partial charge on any atom is -0.383 e. The van der Waals surface area contributed by atoms with E-state index in [0.717, 1.165) is 14.0 Å². The molecular formula is C6H14NP. The molecule has 0 aliphatic rings. The summed E-state index contributed by atoms with van der Waals surface area (Å²) in [5.74, 6) is 0. The molecule has 0 radical (unpaired) electrons. The Kier molecular flexibility index (Phi) is 3.90. The smallest absolute Gasteiger partial charge is 0.0239 e. The molecule has 8 heavy (non-hydrogen) atoms. The van der Waals surface area contributed by atoms with Crippen molar-refractivity contribution >= 4 is 8.58 Å². The Hall–Kier alpha value is -0.0300. The van der Waals surface area contributed by atoms with Crippen molar-refractivity contribution in [1.29, 1.82) is 0 Å². The molecule has 0 saturated carbocycles. The predicted molar refractivity (Wildman–Crippen MR) is 41.7 cm³/mol. The van der Waals surface area contributed by atoms with E-state index in [2.05, 4.69) is 32.4 Å². The molecule has 0 aromatic carbocycles. The van der Waals surface area contributed by atoms with E-state index in [1.807, 2.05) is 0 Å². The van der Waals surface area contributed by atoms with Gasteiger partial charge in [-0.3, -0.25) is 0 Å². The van der Waals surface area contributed by atoms with Crippen LogP contribution < -0.4 is 5.32 Å². The maximum atomic E-state index is 3.81. The van der Waals surface area contributed by atoms with Crippen molar-refractivity contribution < 1.29 is 0 Å². The Morgan fingerprint density at radius 3 is 2.25 bits per heavy atom. The second-order valence-corrected chi connectivity index (χ2v) is 3.13. The molecule has 0 bridgehead atoms. The SMILES string of the molecule is C=C(NC(C)C)PC. The first-order valence-electron chi connectivity index (χ1n) is 2.80. The fraction of sp³-hybridized carbons (Fsp3) is 0.667. The van der Waals surface area contributed by atoms with Crippen LogP contribution in [0, 0.1) is 0 Å². The molecule has 0 spiro atoms. The first-order chi connectivity index (χ1) is 3.66. The maximum absolute atomic E-state index is 3.81. The molecule has 1 atom stereocenters. The van der Waals surface area contributed by atoms with Gasteiger partial charge in [0.05, 0.1) is 0 Å². The molecule has 1 nitrogen and oxygen atoms in total. The number of rotatable bonds is 3. The standard InChI is InChI=1S/C6H14NP/c1-5(2)7-6(3)8-4/h5,7-8H,3H2,1-2,4H3.